The molecule has 0 aromatic heterocycles. The molecule has 0 aromatic carbocycles. The Bertz CT molecular complexity index is 183. The molecule has 1 atom stereocenters. The lowest BCUT2D eigenvalue weighted by Gasteiger charge is -2.27. The molecule has 0 heterocycles. The topological polar surface area (TPSA) is 18.5 Å². The van der Waals surface area contributed by atoms with Gasteiger partial charge in [-0.05, 0) is 20.3 Å². The molecule has 0 aromatic rings. The predicted octanol–water partition coefficient (Wildman–Crippen LogP) is 4.77. The minimum absolute atomic E-state index is 0.105. The molecule has 0 N–H and O–H groups in total. The molecule has 0 aliphatic heterocycles. The predicted molar refractivity (Wildman–Crippen MR) is 70.0 cm³/mol. The number of hydrogen-bond donors (Lipinski definition) is 0. The van der Waals surface area contributed by atoms with Crippen LogP contribution in [0.4, 0.5) is 8.78 Å². The van der Waals surface area contributed by atoms with Crippen LogP contribution < -0.4 is 0 Å². The average molecular weight is 266 g/mol. The SMILES string of the molecule is CCCCCCCCC(F)C(F)(OCC)OCC. The Labute approximate surface area is 110 Å². The van der Waals surface area contributed by atoms with Crippen molar-refractivity contribution < 1.29 is 18.3 Å². The number of alkyl halides is 2. The number of halogens is 2. The summed E-state index contributed by atoms with van der Waals surface area (Å²) >= 11 is 0. The van der Waals surface area contributed by atoms with Gasteiger partial charge in [0.2, 0.25) is 0 Å². The quantitative estimate of drug-likeness (QED) is 0.374. The second-order valence-electron chi connectivity index (χ2n) is 4.47. The van der Waals surface area contributed by atoms with Crippen LogP contribution in [0, 0.1) is 0 Å². The third-order valence-corrected chi connectivity index (χ3v) is 2.87. The summed E-state index contributed by atoms with van der Waals surface area (Å²) in [4.78, 5) is 0. The molecule has 0 radical (unpaired) electrons. The zero-order valence-corrected chi connectivity index (χ0v) is 12.0. The van der Waals surface area contributed by atoms with Gasteiger partial charge in [0, 0.05) is 0 Å². The average Bonchev–Trinajstić information content (AvgIpc) is 2.34. The van der Waals surface area contributed by atoms with Crippen molar-refractivity contribution in [3.05, 3.63) is 0 Å². The molecule has 0 amide bonds. The van der Waals surface area contributed by atoms with Gasteiger partial charge in [-0.25, -0.2) is 4.39 Å². The van der Waals surface area contributed by atoms with Crippen LogP contribution in [-0.2, 0) is 9.47 Å². The van der Waals surface area contributed by atoms with Crippen LogP contribution in [0.2, 0.25) is 0 Å². The molecule has 4 heteroatoms. The van der Waals surface area contributed by atoms with Crippen LogP contribution in [0.25, 0.3) is 0 Å². The zero-order valence-electron chi connectivity index (χ0n) is 12.0. The van der Waals surface area contributed by atoms with Crippen LogP contribution in [0.1, 0.15) is 65.7 Å². The van der Waals surface area contributed by atoms with E-state index in [1.165, 1.54) is 19.3 Å². The summed E-state index contributed by atoms with van der Waals surface area (Å²) in [5, 5.41) is 0. The summed E-state index contributed by atoms with van der Waals surface area (Å²) in [6, 6.07) is -2.56. The van der Waals surface area contributed by atoms with Crippen LogP contribution in [-0.4, -0.2) is 25.4 Å². The van der Waals surface area contributed by atoms with Crippen LogP contribution in [0.5, 0.6) is 0 Å². The van der Waals surface area contributed by atoms with Crippen LogP contribution in [0.3, 0.4) is 0 Å². The van der Waals surface area contributed by atoms with Gasteiger partial charge in [-0.2, -0.15) is 4.39 Å². The number of rotatable bonds is 12. The Kier molecular flexibility index (Phi) is 10.5. The second kappa shape index (κ2) is 10.7. The third kappa shape index (κ3) is 7.27. The van der Waals surface area contributed by atoms with E-state index in [-0.39, 0.29) is 19.6 Å². The van der Waals surface area contributed by atoms with Crippen molar-refractivity contribution in [2.75, 3.05) is 13.2 Å². The van der Waals surface area contributed by atoms with Gasteiger partial charge in [0.1, 0.15) is 0 Å². The largest absolute Gasteiger partial charge is 0.352 e. The Morgan fingerprint density at radius 2 is 1.39 bits per heavy atom. The first-order valence-electron chi connectivity index (χ1n) is 7.21. The molecule has 18 heavy (non-hydrogen) atoms. The minimum atomic E-state index is -2.56. The van der Waals surface area contributed by atoms with Gasteiger partial charge < -0.3 is 9.47 Å². The third-order valence-electron chi connectivity index (χ3n) is 2.87. The Balaban J connectivity index is 3.84. The van der Waals surface area contributed by atoms with Gasteiger partial charge in [0.15, 0.2) is 6.17 Å². The highest BCUT2D eigenvalue weighted by atomic mass is 19.2. The molecular weight excluding hydrogens is 238 g/mol. The molecule has 1 unspecified atom stereocenters. The van der Waals surface area contributed by atoms with Crippen LogP contribution >= 0.6 is 0 Å². The maximum Gasteiger partial charge on any atom is 0.352 e. The van der Waals surface area contributed by atoms with Gasteiger partial charge in [0.25, 0.3) is 0 Å². The fraction of sp³-hybridized carbons (Fsp3) is 1.00. The maximum absolute atomic E-state index is 14.0. The highest BCUT2D eigenvalue weighted by molar-refractivity contribution is 4.69. The first-order chi connectivity index (χ1) is 8.60. The van der Waals surface area contributed by atoms with E-state index in [0.717, 1.165) is 12.8 Å². The van der Waals surface area contributed by atoms with E-state index in [9.17, 15) is 8.78 Å². The molecule has 0 rings (SSSR count). The molecule has 0 spiro atoms. The lowest BCUT2D eigenvalue weighted by Crippen LogP contribution is -2.41. The van der Waals surface area contributed by atoms with Gasteiger partial charge in [0.05, 0.1) is 13.2 Å². The van der Waals surface area contributed by atoms with Crippen molar-refractivity contribution >= 4 is 0 Å². The van der Waals surface area contributed by atoms with Crippen molar-refractivity contribution in [3.63, 3.8) is 0 Å². The first-order valence-corrected chi connectivity index (χ1v) is 7.21. The number of hydrogen-bond acceptors (Lipinski definition) is 2. The molecule has 0 saturated carbocycles. The molecule has 2 nitrogen and oxygen atoms in total. The van der Waals surface area contributed by atoms with Crippen LogP contribution in [0.15, 0.2) is 0 Å². The van der Waals surface area contributed by atoms with Gasteiger partial charge in [-0.3, -0.25) is 0 Å². The number of unbranched alkanes of at least 4 members (excludes halogenated alkanes) is 5. The van der Waals surface area contributed by atoms with Crippen molar-refractivity contribution in [2.45, 2.75) is 77.9 Å². The maximum atomic E-state index is 14.0. The lowest BCUT2D eigenvalue weighted by molar-refractivity contribution is -0.342. The van der Waals surface area contributed by atoms with Crippen molar-refractivity contribution in [1.82, 2.24) is 0 Å². The second-order valence-corrected chi connectivity index (χ2v) is 4.47. The van der Waals surface area contributed by atoms with Crippen molar-refractivity contribution in [3.8, 4) is 0 Å². The van der Waals surface area contributed by atoms with Gasteiger partial charge >= 0.3 is 6.04 Å². The summed E-state index contributed by atoms with van der Waals surface area (Å²) in [6.07, 6.45) is 4.73. The normalized spacial score (nSPS) is 13.8. The van der Waals surface area contributed by atoms with Gasteiger partial charge in [-0.1, -0.05) is 45.4 Å². The standard InChI is InChI=1S/C14H28F2O2/c1-4-7-8-9-10-11-12-13(15)14(16,17-5-2)18-6-3/h13H,4-12H2,1-3H3. The molecule has 0 bridgehead atoms. The van der Waals surface area contributed by atoms with E-state index in [1.54, 1.807) is 13.8 Å². The lowest BCUT2D eigenvalue weighted by atomic mass is 10.1. The smallest absolute Gasteiger partial charge is 0.322 e. The molecule has 0 fully saturated rings. The Morgan fingerprint density at radius 1 is 0.889 bits per heavy atom. The van der Waals surface area contributed by atoms with Gasteiger partial charge in [-0.15, -0.1) is 0 Å². The molecule has 0 saturated heterocycles. The minimum Gasteiger partial charge on any atom is -0.322 e. The van der Waals surface area contributed by atoms with Crippen molar-refractivity contribution in [2.24, 2.45) is 0 Å². The summed E-state index contributed by atoms with van der Waals surface area (Å²) in [7, 11) is 0. The molecule has 0 aliphatic rings. The van der Waals surface area contributed by atoms with Crippen molar-refractivity contribution in [1.29, 1.82) is 0 Å². The number of ether oxygens (including phenoxy) is 2. The Hall–Kier alpha value is -0.220. The zero-order chi connectivity index (χ0) is 13.9. The summed E-state index contributed by atoms with van der Waals surface area (Å²) < 4.78 is 37.3. The molecule has 0 aliphatic carbocycles. The highest BCUT2D eigenvalue weighted by Crippen LogP contribution is 2.27. The first kappa shape index (κ1) is 17.8. The van der Waals surface area contributed by atoms with E-state index in [1.807, 2.05) is 0 Å². The summed E-state index contributed by atoms with van der Waals surface area (Å²) in [6.45, 7) is 5.62. The monoisotopic (exact) mass is 266 g/mol. The Morgan fingerprint density at radius 3 is 1.89 bits per heavy atom. The summed E-state index contributed by atoms with van der Waals surface area (Å²) in [5.74, 6) is 0. The molecule has 110 valence electrons. The summed E-state index contributed by atoms with van der Waals surface area (Å²) in [5.41, 5.74) is 0. The van der Waals surface area contributed by atoms with E-state index in [2.05, 4.69) is 6.92 Å². The fourth-order valence-electron chi connectivity index (χ4n) is 1.89. The fourth-order valence-corrected chi connectivity index (χ4v) is 1.89. The van der Waals surface area contributed by atoms with E-state index < -0.39 is 12.2 Å². The van der Waals surface area contributed by atoms with E-state index in [0.29, 0.717) is 6.42 Å². The van der Waals surface area contributed by atoms with E-state index in [4.69, 9.17) is 9.47 Å². The highest BCUT2D eigenvalue weighted by Gasteiger charge is 2.41. The van der Waals surface area contributed by atoms with E-state index >= 15 is 0 Å². The molecular formula is C14H28F2O2.